The minimum absolute atomic E-state index is 0.605. The number of aryl methyl sites for hydroxylation is 2. The molecule has 1 aliphatic rings. The lowest BCUT2D eigenvalue weighted by atomic mass is 10.2. The van der Waals surface area contributed by atoms with E-state index in [4.69, 9.17) is 15.0 Å². The van der Waals surface area contributed by atoms with Gasteiger partial charge in [-0.2, -0.15) is 0 Å². The standard InChI is InChI=1S/C21H20N6/c1-13-4-2-7-17-19(13)26-18(24-17)12-23-21-15-5-3-6-16(15)25-20(27-21)14-8-10-22-11-9-14/h2,4,7-11H,3,5-6,12H2,1H3,(H,24,26)(H,23,25,27). The van der Waals surface area contributed by atoms with Gasteiger partial charge in [0.15, 0.2) is 5.82 Å². The molecule has 6 nitrogen and oxygen atoms in total. The fourth-order valence-electron chi connectivity index (χ4n) is 3.69. The molecule has 0 bridgehead atoms. The first-order chi connectivity index (χ1) is 13.3. The molecule has 0 spiro atoms. The van der Waals surface area contributed by atoms with E-state index in [-0.39, 0.29) is 0 Å². The molecular formula is C21H20N6. The molecule has 0 fully saturated rings. The molecule has 5 rings (SSSR count). The SMILES string of the molecule is Cc1cccc2[nH]c(CNc3nc(-c4ccncc4)nc4c3CCC4)nc12. The lowest BCUT2D eigenvalue weighted by Crippen LogP contribution is -2.08. The van der Waals surface area contributed by atoms with Crippen LogP contribution < -0.4 is 5.32 Å². The first-order valence-electron chi connectivity index (χ1n) is 9.26. The maximum absolute atomic E-state index is 4.81. The third kappa shape index (κ3) is 2.93. The Morgan fingerprint density at radius 2 is 1.93 bits per heavy atom. The highest BCUT2D eigenvalue weighted by Gasteiger charge is 2.20. The van der Waals surface area contributed by atoms with Crippen molar-refractivity contribution in [1.82, 2.24) is 24.9 Å². The van der Waals surface area contributed by atoms with Gasteiger partial charge >= 0.3 is 0 Å². The first kappa shape index (κ1) is 15.9. The molecule has 4 aromatic rings. The Bertz CT molecular complexity index is 1120. The second-order valence-corrected chi connectivity index (χ2v) is 6.92. The van der Waals surface area contributed by atoms with Crippen molar-refractivity contribution < 1.29 is 0 Å². The van der Waals surface area contributed by atoms with Crippen molar-refractivity contribution in [3.8, 4) is 11.4 Å². The van der Waals surface area contributed by atoms with Crippen LogP contribution in [0.1, 0.15) is 29.1 Å². The molecule has 27 heavy (non-hydrogen) atoms. The molecule has 0 atom stereocenters. The third-order valence-electron chi connectivity index (χ3n) is 5.06. The number of rotatable bonds is 4. The summed E-state index contributed by atoms with van der Waals surface area (Å²) in [4.78, 5) is 21.8. The number of imidazole rings is 1. The Kier molecular flexibility index (Phi) is 3.81. The van der Waals surface area contributed by atoms with Gasteiger partial charge in [-0.3, -0.25) is 4.98 Å². The van der Waals surface area contributed by atoms with E-state index in [0.717, 1.165) is 59.0 Å². The molecule has 0 radical (unpaired) electrons. The number of nitrogens with one attached hydrogen (secondary N) is 2. The molecule has 2 N–H and O–H groups in total. The Morgan fingerprint density at radius 1 is 1.04 bits per heavy atom. The number of aromatic amines is 1. The van der Waals surface area contributed by atoms with Crippen molar-refractivity contribution in [2.75, 3.05) is 5.32 Å². The van der Waals surface area contributed by atoms with Gasteiger partial charge in [-0.25, -0.2) is 15.0 Å². The van der Waals surface area contributed by atoms with E-state index in [2.05, 4.69) is 34.3 Å². The lowest BCUT2D eigenvalue weighted by molar-refractivity contribution is 0.899. The van der Waals surface area contributed by atoms with E-state index in [1.807, 2.05) is 18.2 Å². The summed E-state index contributed by atoms with van der Waals surface area (Å²) in [5.74, 6) is 2.58. The van der Waals surface area contributed by atoms with Gasteiger partial charge in [0.05, 0.1) is 17.6 Å². The van der Waals surface area contributed by atoms with Gasteiger partial charge in [-0.05, 0) is 49.9 Å². The van der Waals surface area contributed by atoms with Crippen LogP contribution in [0.5, 0.6) is 0 Å². The molecule has 0 aliphatic heterocycles. The minimum Gasteiger partial charge on any atom is -0.362 e. The molecular weight excluding hydrogens is 336 g/mol. The number of anilines is 1. The number of hydrogen-bond donors (Lipinski definition) is 2. The molecule has 1 aliphatic carbocycles. The van der Waals surface area contributed by atoms with Crippen molar-refractivity contribution in [1.29, 1.82) is 0 Å². The number of pyridine rings is 1. The van der Waals surface area contributed by atoms with Crippen LogP contribution in [0.2, 0.25) is 0 Å². The van der Waals surface area contributed by atoms with Gasteiger partial charge in [0.1, 0.15) is 11.6 Å². The number of benzene rings is 1. The normalized spacial score (nSPS) is 13.1. The van der Waals surface area contributed by atoms with Crippen LogP contribution in [-0.2, 0) is 19.4 Å². The van der Waals surface area contributed by atoms with Crippen molar-refractivity contribution >= 4 is 16.9 Å². The Balaban J connectivity index is 1.47. The molecule has 0 saturated heterocycles. The summed E-state index contributed by atoms with van der Waals surface area (Å²) < 4.78 is 0. The average Bonchev–Trinajstić information content (AvgIpc) is 3.34. The second-order valence-electron chi connectivity index (χ2n) is 6.92. The molecule has 1 aromatic carbocycles. The number of para-hydroxylation sites is 1. The quantitative estimate of drug-likeness (QED) is 0.581. The van der Waals surface area contributed by atoms with Crippen LogP contribution in [0.15, 0.2) is 42.7 Å². The number of fused-ring (bicyclic) bond motifs is 2. The van der Waals surface area contributed by atoms with E-state index >= 15 is 0 Å². The van der Waals surface area contributed by atoms with Crippen molar-refractivity contribution in [3.05, 3.63) is 65.4 Å². The number of H-pyrrole nitrogens is 1. The van der Waals surface area contributed by atoms with Gasteiger partial charge in [0, 0.05) is 29.2 Å². The fraction of sp³-hybridized carbons (Fsp3) is 0.238. The molecule has 3 aromatic heterocycles. The first-order valence-corrected chi connectivity index (χ1v) is 9.26. The molecule has 134 valence electrons. The van der Waals surface area contributed by atoms with Crippen LogP contribution in [-0.4, -0.2) is 24.9 Å². The monoisotopic (exact) mass is 356 g/mol. The highest BCUT2D eigenvalue weighted by atomic mass is 15.1. The van der Waals surface area contributed by atoms with Crippen LogP contribution in [0.25, 0.3) is 22.4 Å². The highest BCUT2D eigenvalue weighted by molar-refractivity contribution is 5.78. The number of nitrogens with zero attached hydrogens (tertiary/aromatic N) is 4. The van der Waals surface area contributed by atoms with Gasteiger partial charge in [-0.15, -0.1) is 0 Å². The highest BCUT2D eigenvalue weighted by Crippen LogP contribution is 2.29. The fourth-order valence-corrected chi connectivity index (χ4v) is 3.69. The molecule has 0 saturated carbocycles. The third-order valence-corrected chi connectivity index (χ3v) is 5.06. The van der Waals surface area contributed by atoms with Crippen LogP contribution in [0.3, 0.4) is 0 Å². The van der Waals surface area contributed by atoms with Crippen molar-refractivity contribution in [2.24, 2.45) is 0 Å². The van der Waals surface area contributed by atoms with Crippen LogP contribution in [0, 0.1) is 6.92 Å². The Morgan fingerprint density at radius 3 is 2.78 bits per heavy atom. The number of hydrogen-bond acceptors (Lipinski definition) is 5. The summed E-state index contributed by atoms with van der Waals surface area (Å²) in [5, 5.41) is 3.49. The molecule has 0 unspecified atom stereocenters. The van der Waals surface area contributed by atoms with Gasteiger partial charge in [0.2, 0.25) is 0 Å². The Labute approximate surface area is 157 Å². The molecule has 3 heterocycles. The zero-order valence-corrected chi connectivity index (χ0v) is 15.2. The maximum atomic E-state index is 4.81. The van der Waals surface area contributed by atoms with Gasteiger partial charge < -0.3 is 10.3 Å². The summed E-state index contributed by atoms with van der Waals surface area (Å²) in [6.45, 7) is 2.69. The summed E-state index contributed by atoms with van der Waals surface area (Å²) >= 11 is 0. The zero-order chi connectivity index (χ0) is 18.2. The summed E-state index contributed by atoms with van der Waals surface area (Å²) in [7, 11) is 0. The van der Waals surface area contributed by atoms with Gasteiger partial charge in [-0.1, -0.05) is 12.1 Å². The minimum atomic E-state index is 0.605. The van der Waals surface area contributed by atoms with E-state index in [1.54, 1.807) is 12.4 Å². The predicted molar refractivity (Wildman–Crippen MR) is 105 cm³/mol. The smallest absolute Gasteiger partial charge is 0.161 e. The molecule has 0 amide bonds. The molecule has 6 heteroatoms. The maximum Gasteiger partial charge on any atom is 0.161 e. The van der Waals surface area contributed by atoms with E-state index in [0.29, 0.717) is 6.54 Å². The van der Waals surface area contributed by atoms with E-state index < -0.39 is 0 Å². The summed E-state index contributed by atoms with van der Waals surface area (Å²) in [5.41, 5.74) is 6.65. The zero-order valence-electron chi connectivity index (χ0n) is 15.2. The topological polar surface area (TPSA) is 79.4 Å². The Hall–Kier alpha value is -3.28. The summed E-state index contributed by atoms with van der Waals surface area (Å²) in [6.07, 6.45) is 6.70. The average molecular weight is 356 g/mol. The van der Waals surface area contributed by atoms with E-state index in [1.165, 1.54) is 11.1 Å². The van der Waals surface area contributed by atoms with Crippen LogP contribution in [0.4, 0.5) is 5.82 Å². The predicted octanol–water partition coefficient (Wildman–Crippen LogP) is 3.82. The van der Waals surface area contributed by atoms with Crippen molar-refractivity contribution in [2.45, 2.75) is 32.7 Å². The van der Waals surface area contributed by atoms with E-state index in [9.17, 15) is 0 Å². The largest absolute Gasteiger partial charge is 0.362 e. The summed E-state index contributed by atoms with van der Waals surface area (Å²) in [6, 6.07) is 10.1. The lowest BCUT2D eigenvalue weighted by Gasteiger charge is -2.11. The van der Waals surface area contributed by atoms with Crippen molar-refractivity contribution in [3.63, 3.8) is 0 Å². The second kappa shape index (κ2) is 6.46. The van der Waals surface area contributed by atoms with Crippen LogP contribution >= 0.6 is 0 Å². The van der Waals surface area contributed by atoms with Gasteiger partial charge in [0.25, 0.3) is 0 Å². The number of aromatic nitrogens is 5.